The highest BCUT2D eigenvalue weighted by Gasteiger charge is 2.10. The first-order chi connectivity index (χ1) is 11.2. The van der Waals surface area contributed by atoms with Crippen LogP contribution in [-0.4, -0.2) is 21.0 Å². The summed E-state index contributed by atoms with van der Waals surface area (Å²) in [7, 11) is 0. The van der Waals surface area contributed by atoms with Crippen LogP contribution in [0, 0.1) is 0 Å². The number of nitrogens with zero attached hydrogens (tertiary/aromatic N) is 3. The molecule has 116 valence electrons. The minimum atomic E-state index is -0.143. The molecule has 0 saturated heterocycles. The minimum absolute atomic E-state index is 0.143. The van der Waals surface area contributed by atoms with Gasteiger partial charge in [0.05, 0.1) is 0 Å². The van der Waals surface area contributed by atoms with E-state index in [1.54, 1.807) is 48.8 Å². The van der Waals surface area contributed by atoms with Crippen molar-refractivity contribution >= 4 is 23.2 Å². The predicted molar refractivity (Wildman–Crippen MR) is 85.9 cm³/mol. The van der Waals surface area contributed by atoms with Crippen LogP contribution in [0.25, 0.3) is 11.4 Å². The number of hydrogen-bond donors (Lipinski definition) is 1. The molecule has 0 fully saturated rings. The van der Waals surface area contributed by atoms with Crippen molar-refractivity contribution in [2.24, 2.45) is 0 Å². The zero-order valence-electron chi connectivity index (χ0n) is 12.1. The average molecular weight is 329 g/mol. The summed E-state index contributed by atoms with van der Waals surface area (Å²) in [6, 6.07) is 10.6. The molecule has 1 amide bonds. The summed E-state index contributed by atoms with van der Waals surface area (Å²) in [5.74, 6) is 0.756. The Morgan fingerprint density at radius 3 is 2.83 bits per heavy atom. The highest BCUT2D eigenvalue weighted by Crippen LogP contribution is 2.16. The lowest BCUT2D eigenvalue weighted by Gasteiger charge is -2.04. The van der Waals surface area contributed by atoms with Gasteiger partial charge in [-0.3, -0.25) is 9.78 Å². The van der Waals surface area contributed by atoms with Crippen molar-refractivity contribution in [1.82, 2.24) is 15.1 Å². The van der Waals surface area contributed by atoms with Gasteiger partial charge < -0.3 is 9.84 Å². The largest absolute Gasteiger partial charge is 0.339 e. The number of carbonyl (C=O) groups excluding carboxylic acids is 1. The molecular formula is C16H13ClN4O2. The summed E-state index contributed by atoms with van der Waals surface area (Å²) in [4.78, 5) is 20.1. The molecule has 2 aromatic heterocycles. The predicted octanol–water partition coefficient (Wildman–Crippen LogP) is 3.36. The van der Waals surface area contributed by atoms with Crippen LogP contribution in [0.15, 0.2) is 53.3 Å². The number of nitrogens with one attached hydrogen (secondary N) is 1. The Labute approximate surface area is 137 Å². The topological polar surface area (TPSA) is 80.9 Å². The molecule has 0 bridgehead atoms. The Kier molecular flexibility index (Phi) is 4.63. The van der Waals surface area contributed by atoms with E-state index in [4.69, 9.17) is 16.1 Å². The molecule has 0 spiro atoms. The van der Waals surface area contributed by atoms with E-state index in [2.05, 4.69) is 20.4 Å². The maximum Gasteiger partial charge on any atom is 0.227 e. The van der Waals surface area contributed by atoms with Crippen LogP contribution in [0.1, 0.15) is 12.3 Å². The van der Waals surface area contributed by atoms with Gasteiger partial charge in [0.15, 0.2) is 0 Å². The fraction of sp³-hybridized carbons (Fsp3) is 0.125. The minimum Gasteiger partial charge on any atom is -0.339 e. The summed E-state index contributed by atoms with van der Waals surface area (Å²) in [5, 5.41) is 7.24. The van der Waals surface area contributed by atoms with E-state index >= 15 is 0 Å². The third-order valence-electron chi connectivity index (χ3n) is 3.08. The second kappa shape index (κ2) is 7.02. The van der Waals surface area contributed by atoms with Gasteiger partial charge in [0.25, 0.3) is 0 Å². The van der Waals surface area contributed by atoms with Gasteiger partial charge in [0.1, 0.15) is 0 Å². The number of carbonyl (C=O) groups is 1. The third-order valence-corrected chi connectivity index (χ3v) is 3.32. The number of halogens is 1. The van der Waals surface area contributed by atoms with E-state index in [-0.39, 0.29) is 12.3 Å². The molecule has 3 aromatic rings. The number of aromatic nitrogens is 3. The summed E-state index contributed by atoms with van der Waals surface area (Å²) in [6.45, 7) is 0. The number of amides is 1. The molecule has 23 heavy (non-hydrogen) atoms. The highest BCUT2D eigenvalue weighted by atomic mass is 35.5. The number of rotatable bonds is 5. The molecule has 1 aromatic carbocycles. The van der Waals surface area contributed by atoms with Crippen molar-refractivity contribution in [3.63, 3.8) is 0 Å². The zero-order chi connectivity index (χ0) is 16.1. The molecule has 0 unspecified atom stereocenters. The molecule has 0 saturated carbocycles. The SMILES string of the molecule is O=C(CCc1nc(-c2ccncc2)no1)Nc1cccc(Cl)c1. The highest BCUT2D eigenvalue weighted by molar-refractivity contribution is 6.30. The third kappa shape index (κ3) is 4.14. The first kappa shape index (κ1) is 15.2. The van der Waals surface area contributed by atoms with Crippen LogP contribution in [0.5, 0.6) is 0 Å². The van der Waals surface area contributed by atoms with E-state index < -0.39 is 0 Å². The Morgan fingerprint density at radius 2 is 2.04 bits per heavy atom. The van der Waals surface area contributed by atoms with Crippen molar-refractivity contribution < 1.29 is 9.32 Å². The molecule has 1 N–H and O–H groups in total. The van der Waals surface area contributed by atoms with E-state index in [1.807, 2.05) is 0 Å². The number of anilines is 1. The maximum atomic E-state index is 11.9. The number of pyridine rings is 1. The molecule has 7 heteroatoms. The number of hydrogen-bond acceptors (Lipinski definition) is 5. The molecule has 0 aliphatic carbocycles. The molecule has 0 radical (unpaired) electrons. The molecular weight excluding hydrogens is 316 g/mol. The Morgan fingerprint density at radius 1 is 1.22 bits per heavy atom. The van der Waals surface area contributed by atoms with Crippen molar-refractivity contribution in [3.8, 4) is 11.4 Å². The molecule has 3 rings (SSSR count). The van der Waals surface area contributed by atoms with Gasteiger partial charge in [-0.15, -0.1) is 0 Å². The number of aryl methyl sites for hydroxylation is 1. The molecule has 0 aliphatic heterocycles. The van der Waals surface area contributed by atoms with Crippen LogP contribution >= 0.6 is 11.6 Å². The Hall–Kier alpha value is -2.73. The monoisotopic (exact) mass is 328 g/mol. The Bertz CT molecular complexity index is 805. The van der Waals surface area contributed by atoms with Crippen molar-refractivity contribution in [2.45, 2.75) is 12.8 Å². The fourth-order valence-electron chi connectivity index (χ4n) is 1.98. The van der Waals surface area contributed by atoms with Crippen molar-refractivity contribution in [2.75, 3.05) is 5.32 Å². The van der Waals surface area contributed by atoms with Crippen LogP contribution < -0.4 is 5.32 Å². The van der Waals surface area contributed by atoms with Crippen LogP contribution in [-0.2, 0) is 11.2 Å². The Balaban J connectivity index is 1.56. The molecule has 6 nitrogen and oxygen atoms in total. The van der Waals surface area contributed by atoms with Crippen LogP contribution in [0.2, 0.25) is 5.02 Å². The van der Waals surface area contributed by atoms with E-state index in [0.717, 1.165) is 5.56 Å². The molecule has 2 heterocycles. The van der Waals surface area contributed by atoms with E-state index in [0.29, 0.717) is 28.8 Å². The van der Waals surface area contributed by atoms with Gasteiger partial charge >= 0.3 is 0 Å². The van der Waals surface area contributed by atoms with Gasteiger partial charge in [-0.2, -0.15) is 4.98 Å². The van der Waals surface area contributed by atoms with Crippen molar-refractivity contribution in [3.05, 3.63) is 59.7 Å². The summed E-state index contributed by atoms with van der Waals surface area (Å²) >= 11 is 5.87. The van der Waals surface area contributed by atoms with Gasteiger partial charge in [-0.1, -0.05) is 22.8 Å². The lowest BCUT2D eigenvalue weighted by Crippen LogP contribution is -2.12. The first-order valence-electron chi connectivity index (χ1n) is 6.99. The normalized spacial score (nSPS) is 10.5. The zero-order valence-corrected chi connectivity index (χ0v) is 12.8. The van der Waals surface area contributed by atoms with Crippen LogP contribution in [0.3, 0.4) is 0 Å². The molecule has 0 atom stereocenters. The summed E-state index contributed by atoms with van der Waals surface area (Å²) in [5.41, 5.74) is 1.48. The van der Waals surface area contributed by atoms with E-state index in [9.17, 15) is 4.79 Å². The standard InChI is InChI=1S/C16H13ClN4O2/c17-12-2-1-3-13(10-12)19-14(22)4-5-15-20-16(21-23-15)11-6-8-18-9-7-11/h1-3,6-10H,4-5H2,(H,19,22). The van der Waals surface area contributed by atoms with Gasteiger partial charge in [-0.05, 0) is 30.3 Å². The second-order valence-electron chi connectivity index (χ2n) is 4.81. The lowest BCUT2D eigenvalue weighted by molar-refractivity contribution is -0.116. The first-order valence-corrected chi connectivity index (χ1v) is 7.37. The second-order valence-corrected chi connectivity index (χ2v) is 5.24. The molecule has 0 aliphatic rings. The summed E-state index contributed by atoms with van der Waals surface area (Å²) < 4.78 is 5.16. The van der Waals surface area contributed by atoms with Crippen LogP contribution in [0.4, 0.5) is 5.69 Å². The van der Waals surface area contributed by atoms with Crippen molar-refractivity contribution in [1.29, 1.82) is 0 Å². The fourth-order valence-corrected chi connectivity index (χ4v) is 2.18. The maximum absolute atomic E-state index is 11.9. The summed E-state index contributed by atoms with van der Waals surface area (Å²) in [6.07, 6.45) is 3.92. The smallest absolute Gasteiger partial charge is 0.227 e. The quantitative estimate of drug-likeness (QED) is 0.776. The average Bonchev–Trinajstić information content (AvgIpc) is 3.03. The number of benzene rings is 1. The lowest BCUT2D eigenvalue weighted by atomic mass is 10.2. The van der Waals surface area contributed by atoms with E-state index in [1.165, 1.54) is 0 Å². The van der Waals surface area contributed by atoms with Gasteiger partial charge in [0.2, 0.25) is 17.6 Å². The van der Waals surface area contributed by atoms with Gasteiger partial charge in [-0.25, -0.2) is 0 Å². The van der Waals surface area contributed by atoms with Gasteiger partial charge in [0, 0.05) is 41.5 Å².